The molecule has 0 radical (unpaired) electrons. The Labute approximate surface area is 77.1 Å². The van der Waals surface area contributed by atoms with E-state index >= 15 is 0 Å². The molecule has 0 saturated carbocycles. The molecule has 1 heterocycles. The van der Waals surface area contributed by atoms with E-state index < -0.39 is 0 Å². The number of fused-ring (bicyclic) bond motifs is 1. The lowest BCUT2D eigenvalue weighted by atomic mass is 10.3. The van der Waals surface area contributed by atoms with Crippen molar-refractivity contribution in [1.82, 2.24) is 0 Å². The van der Waals surface area contributed by atoms with Gasteiger partial charge < -0.3 is 4.42 Å². The van der Waals surface area contributed by atoms with Gasteiger partial charge in [0.15, 0.2) is 5.22 Å². The predicted octanol–water partition coefficient (Wildman–Crippen LogP) is 3.85. The molecular formula is C8H4BrClO. The van der Waals surface area contributed by atoms with Crippen LogP contribution in [0.1, 0.15) is 0 Å². The number of benzene rings is 1. The van der Waals surface area contributed by atoms with Gasteiger partial charge in [0, 0.05) is 15.9 Å². The Bertz CT molecular complexity index is 394. The van der Waals surface area contributed by atoms with Crippen molar-refractivity contribution in [2.45, 2.75) is 0 Å². The van der Waals surface area contributed by atoms with E-state index in [1.807, 2.05) is 18.2 Å². The first-order valence-electron chi connectivity index (χ1n) is 3.10. The van der Waals surface area contributed by atoms with Gasteiger partial charge in [0.25, 0.3) is 0 Å². The molecule has 1 aromatic heterocycles. The summed E-state index contributed by atoms with van der Waals surface area (Å²) < 4.78 is 6.20. The topological polar surface area (TPSA) is 13.1 Å². The van der Waals surface area contributed by atoms with Crippen molar-refractivity contribution in [2.24, 2.45) is 0 Å². The predicted molar refractivity (Wildman–Crippen MR) is 48.9 cm³/mol. The molecule has 1 nitrogen and oxygen atoms in total. The highest BCUT2D eigenvalue weighted by atomic mass is 79.9. The Balaban J connectivity index is 2.82. The summed E-state index contributed by atoms with van der Waals surface area (Å²) in [5, 5.41) is 1.45. The quantitative estimate of drug-likeness (QED) is 0.671. The summed E-state index contributed by atoms with van der Waals surface area (Å²) in [5.41, 5.74) is 0.818. The fourth-order valence-corrected chi connectivity index (χ4v) is 1.56. The molecule has 0 aliphatic rings. The summed E-state index contributed by atoms with van der Waals surface area (Å²) in [6.07, 6.45) is 0. The van der Waals surface area contributed by atoms with E-state index in [0.29, 0.717) is 5.22 Å². The zero-order chi connectivity index (χ0) is 7.84. The van der Waals surface area contributed by atoms with Crippen molar-refractivity contribution in [1.29, 1.82) is 0 Å². The summed E-state index contributed by atoms with van der Waals surface area (Å²) in [5.74, 6) is 0. The summed E-state index contributed by atoms with van der Waals surface area (Å²) in [6.45, 7) is 0. The van der Waals surface area contributed by atoms with Crippen LogP contribution in [0.4, 0.5) is 0 Å². The summed E-state index contributed by atoms with van der Waals surface area (Å²) in [7, 11) is 0. The van der Waals surface area contributed by atoms with Crippen molar-refractivity contribution in [3.05, 3.63) is 34.0 Å². The van der Waals surface area contributed by atoms with Crippen molar-refractivity contribution >= 4 is 38.5 Å². The third-order valence-corrected chi connectivity index (χ3v) is 2.13. The molecule has 2 aromatic rings. The fourth-order valence-electron chi connectivity index (χ4n) is 0.982. The van der Waals surface area contributed by atoms with Crippen molar-refractivity contribution < 1.29 is 4.42 Å². The van der Waals surface area contributed by atoms with Gasteiger partial charge in [-0.3, -0.25) is 0 Å². The van der Waals surface area contributed by atoms with Gasteiger partial charge in [-0.05, 0) is 29.8 Å². The zero-order valence-electron chi connectivity index (χ0n) is 5.47. The van der Waals surface area contributed by atoms with Crippen LogP contribution in [0.3, 0.4) is 0 Å². The van der Waals surface area contributed by atoms with Crippen LogP contribution in [0.5, 0.6) is 0 Å². The minimum Gasteiger partial charge on any atom is -0.445 e. The summed E-state index contributed by atoms with van der Waals surface area (Å²) in [4.78, 5) is 0. The average Bonchev–Trinajstić information content (AvgIpc) is 2.27. The van der Waals surface area contributed by atoms with Crippen LogP contribution in [0.15, 0.2) is 33.2 Å². The van der Waals surface area contributed by atoms with E-state index in [1.165, 1.54) is 0 Å². The molecule has 0 N–H and O–H groups in total. The molecule has 0 fully saturated rings. The molecule has 0 aliphatic carbocycles. The van der Waals surface area contributed by atoms with Gasteiger partial charge >= 0.3 is 0 Å². The standard InChI is InChI=1S/C8H4BrClO/c9-6-1-2-7-5(3-6)4-8(10)11-7/h1-4H. The number of rotatable bonds is 0. The van der Waals surface area contributed by atoms with Crippen LogP contribution in [-0.4, -0.2) is 0 Å². The Kier molecular flexibility index (Phi) is 1.66. The lowest BCUT2D eigenvalue weighted by molar-refractivity contribution is 0.618. The largest absolute Gasteiger partial charge is 0.445 e. The second-order valence-corrected chi connectivity index (χ2v) is 3.52. The van der Waals surface area contributed by atoms with Crippen molar-refractivity contribution in [3.63, 3.8) is 0 Å². The smallest absolute Gasteiger partial charge is 0.194 e. The summed E-state index contributed by atoms with van der Waals surface area (Å²) in [6, 6.07) is 7.56. The first-order valence-corrected chi connectivity index (χ1v) is 4.27. The van der Waals surface area contributed by atoms with Crippen molar-refractivity contribution in [2.75, 3.05) is 0 Å². The van der Waals surface area contributed by atoms with Gasteiger partial charge in [0.1, 0.15) is 5.58 Å². The molecule has 56 valence electrons. The number of hydrogen-bond donors (Lipinski definition) is 0. The molecule has 3 heteroatoms. The molecule has 0 unspecified atom stereocenters. The highest BCUT2D eigenvalue weighted by Gasteiger charge is 2.00. The van der Waals surface area contributed by atoms with Crippen LogP contribution >= 0.6 is 27.5 Å². The van der Waals surface area contributed by atoms with Crippen molar-refractivity contribution in [3.8, 4) is 0 Å². The van der Waals surface area contributed by atoms with Gasteiger partial charge in [-0.2, -0.15) is 0 Å². The average molecular weight is 231 g/mol. The lowest BCUT2D eigenvalue weighted by Gasteiger charge is -1.87. The van der Waals surface area contributed by atoms with E-state index in [0.717, 1.165) is 15.4 Å². The second kappa shape index (κ2) is 2.54. The molecular weight excluding hydrogens is 227 g/mol. The maximum atomic E-state index is 5.65. The van der Waals surface area contributed by atoms with E-state index in [1.54, 1.807) is 6.07 Å². The second-order valence-electron chi connectivity index (χ2n) is 2.23. The van der Waals surface area contributed by atoms with Crippen LogP contribution in [0.25, 0.3) is 11.0 Å². The van der Waals surface area contributed by atoms with E-state index in [9.17, 15) is 0 Å². The van der Waals surface area contributed by atoms with E-state index in [2.05, 4.69) is 15.9 Å². The van der Waals surface area contributed by atoms with Crippen LogP contribution < -0.4 is 0 Å². The Morgan fingerprint density at radius 1 is 1.27 bits per heavy atom. The zero-order valence-corrected chi connectivity index (χ0v) is 7.82. The van der Waals surface area contributed by atoms with Crippen LogP contribution in [-0.2, 0) is 0 Å². The minimum absolute atomic E-state index is 0.429. The molecule has 0 aliphatic heterocycles. The minimum atomic E-state index is 0.429. The van der Waals surface area contributed by atoms with Gasteiger partial charge in [0.05, 0.1) is 0 Å². The van der Waals surface area contributed by atoms with Gasteiger partial charge in [-0.1, -0.05) is 15.9 Å². The molecule has 11 heavy (non-hydrogen) atoms. The number of halogens is 2. The Morgan fingerprint density at radius 2 is 2.09 bits per heavy atom. The lowest BCUT2D eigenvalue weighted by Crippen LogP contribution is -1.62. The molecule has 1 aromatic carbocycles. The maximum absolute atomic E-state index is 5.65. The number of furan rings is 1. The third kappa shape index (κ3) is 1.28. The van der Waals surface area contributed by atoms with E-state index in [4.69, 9.17) is 16.0 Å². The first-order chi connectivity index (χ1) is 5.25. The third-order valence-electron chi connectivity index (χ3n) is 1.45. The molecule has 0 atom stereocenters. The highest BCUT2D eigenvalue weighted by Crippen LogP contribution is 2.25. The van der Waals surface area contributed by atoms with E-state index in [-0.39, 0.29) is 0 Å². The fraction of sp³-hybridized carbons (Fsp3) is 0. The van der Waals surface area contributed by atoms with Gasteiger partial charge in [-0.25, -0.2) is 0 Å². The Hall–Kier alpha value is -0.470. The Morgan fingerprint density at radius 3 is 2.91 bits per heavy atom. The van der Waals surface area contributed by atoms with Crippen LogP contribution in [0, 0.1) is 0 Å². The highest BCUT2D eigenvalue weighted by molar-refractivity contribution is 9.10. The monoisotopic (exact) mass is 230 g/mol. The maximum Gasteiger partial charge on any atom is 0.194 e. The van der Waals surface area contributed by atoms with Crippen LogP contribution in [0.2, 0.25) is 5.22 Å². The number of hydrogen-bond acceptors (Lipinski definition) is 1. The van der Waals surface area contributed by atoms with Gasteiger partial charge in [-0.15, -0.1) is 0 Å². The summed E-state index contributed by atoms with van der Waals surface area (Å²) >= 11 is 9.01. The first kappa shape index (κ1) is 7.19. The van der Waals surface area contributed by atoms with Gasteiger partial charge in [0.2, 0.25) is 0 Å². The molecule has 0 spiro atoms. The normalized spacial score (nSPS) is 10.7. The molecule has 0 amide bonds. The molecule has 0 bridgehead atoms. The molecule has 2 rings (SSSR count). The SMILES string of the molecule is Clc1cc2cc(Br)ccc2o1. The molecule has 0 saturated heterocycles.